The number of hydrogen-bond acceptors (Lipinski definition) is 9. The van der Waals surface area contributed by atoms with E-state index in [2.05, 4.69) is 6.58 Å². The Morgan fingerprint density at radius 1 is 0.867 bits per heavy atom. The molecule has 9 nitrogen and oxygen atoms in total. The van der Waals surface area contributed by atoms with E-state index in [0.29, 0.717) is 58.6 Å². The van der Waals surface area contributed by atoms with Crippen LogP contribution >= 0.6 is 0 Å². The van der Waals surface area contributed by atoms with Crippen LogP contribution in [0, 0.1) is 0 Å². The predicted octanol–water partition coefficient (Wildman–Crippen LogP) is 1.20. The van der Waals surface area contributed by atoms with Crippen LogP contribution in [0.25, 0.3) is 0 Å². The molecule has 0 saturated heterocycles. The first-order valence-corrected chi connectivity index (χ1v) is 9.80. The molecule has 0 aliphatic heterocycles. The summed E-state index contributed by atoms with van der Waals surface area (Å²) in [7, 11) is 0. The number of para-hydroxylation sites is 1. The lowest BCUT2D eigenvalue weighted by Crippen LogP contribution is -2.29. The highest BCUT2D eigenvalue weighted by molar-refractivity contribution is 5.81. The highest BCUT2D eigenvalue weighted by Gasteiger charge is 2.13. The van der Waals surface area contributed by atoms with Crippen molar-refractivity contribution in [3.63, 3.8) is 0 Å². The number of carbonyl (C=O) groups excluding carboxylic acids is 1. The highest BCUT2D eigenvalue weighted by atomic mass is 16.7. The molecule has 1 N–H and O–H groups in total. The van der Waals surface area contributed by atoms with Gasteiger partial charge >= 0.3 is 5.97 Å². The van der Waals surface area contributed by atoms with Crippen molar-refractivity contribution in [3.05, 3.63) is 43.0 Å². The third kappa shape index (κ3) is 14.9. The van der Waals surface area contributed by atoms with Crippen LogP contribution in [0.5, 0.6) is 5.75 Å². The Kier molecular flexibility index (Phi) is 16.5. The van der Waals surface area contributed by atoms with Crippen molar-refractivity contribution in [2.45, 2.75) is 6.29 Å². The van der Waals surface area contributed by atoms with Crippen LogP contribution in [0.1, 0.15) is 0 Å². The van der Waals surface area contributed by atoms with Gasteiger partial charge in [0.25, 0.3) is 0 Å². The SMILES string of the molecule is C=CC(=O)OCC(OCCOCCOCCOCCOCCO)Oc1ccccc1. The Bertz CT molecular complexity index is 539. The lowest BCUT2D eigenvalue weighted by atomic mass is 10.3. The lowest BCUT2D eigenvalue weighted by Gasteiger charge is -2.19. The normalized spacial score (nSPS) is 11.8. The largest absolute Gasteiger partial charge is 0.461 e. The van der Waals surface area contributed by atoms with E-state index in [-0.39, 0.29) is 19.8 Å². The van der Waals surface area contributed by atoms with Crippen molar-refractivity contribution in [1.82, 2.24) is 0 Å². The summed E-state index contributed by atoms with van der Waals surface area (Å²) in [5.74, 6) is 0.0592. The molecule has 0 heterocycles. The third-order valence-electron chi connectivity index (χ3n) is 3.42. The summed E-state index contributed by atoms with van der Waals surface area (Å²) in [5.41, 5.74) is 0. The van der Waals surface area contributed by atoms with E-state index < -0.39 is 12.3 Å². The minimum atomic E-state index is -0.755. The van der Waals surface area contributed by atoms with Gasteiger partial charge in [0.1, 0.15) is 5.75 Å². The van der Waals surface area contributed by atoms with Gasteiger partial charge in [-0.05, 0) is 12.1 Å². The maximum absolute atomic E-state index is 11.3. The minimum Gasteiger partial charge on any atom is -0.461 e. The first-order chi connectivity index (χ1) is 14.8. The van der Waals surface area contributed by atoms with Gasteiger partial charge in [-0.3, -0.25) is 0 Å². The maximum Gasteiger partial charge on any atom is 0.330 e. The van der Waals surface area contributed by atoms with Crippen LogP contribution in [0.3, 0.4) is 0 Å². The van der Waals surface area contributed by atoms with Crippen molar-refractivity contribution in [1.29, 1.82) is 0 Å². The van der Waals surface area contributed by atoms with E-state index in [0.717, 1.165) is 6.08 Å². The first-order valence-electron chi connectivity index (χ1n) is 9.80. The molecule has 0 amide bonds. The summed E-state index contributed by atoms with van der Waals surface area (Å²) in [4.78, 5) is 11.3. The predicted molar refractivity (Wildman–Crippen MR) is 108 cm³/mol. The summed E-state index contributed by atoms with van der Waals surface area (Å²) in [6.07, 6.45) is 0.327. The zero-order valence-electron chi connectivity index (χ0n) is 17.2. The molecule has 0 aliphatic carbocycles. The number of ether oxygens (including phenoxy) is 7. The number of rotatable bonds is 20. The van der Waals surface area contributed by atoms with Gasteiger partial charge in [-0.15, -0.1) is 0 Å². The van der Waals surface area contributed by atoms with E-state index in [9.17, 15) is 4.79 Å². The summed E-state index contributed by atoms with van der Waals surface area (Å²) in [5, 5.41) is 8.55. The number of aliphatic hydroxyl groups excluding tert-OH is 1. The topological polar surface area (TPSA) is 102 Å². The molecular formula is C21H32O9. The fourth-order valence-corrected chi connectivity index (χ4v) is 2.04. The fraction of sp³-hybridized carbons (Fsp3) is 0.571. The molecule has 1 rings (SSSR count). The van der Waals surface area contributed by atoms with Crippen molar-refractivity contribution in [3.8, 4) is 5.75 Å². The Labute approximate surface area is 177 Å². The molecule has 0 bridgehead atoms. The number of esters is 1. The van der Waals surface area contributed by atoms with Crippen LogP contribution in [0.15, 0.2) is 43.0 Å². The molecule has 1 aromatic carbocycles. The number of benzene rings is 1. The zero-order chi connectivity index (χ0) is 21.7. The van der Waals surface area contributed by atoms with E-state index in [1.165, 1.54) is 0 Å². The summed E-state index contributed by atoms with van der Waals surface area (Å²) >= 11 is 0. The van der Waals surface area contributed by atoms with E-state index in [4.69, 9.17) is 38.3 Å². The molecule has 0 saturated carbocycles. The van der Waals surface area contributed by atoms with Gasteiger partial charge in [0.2, 0.25) is 6.29 Å². The molecule has 0 aromatic heterocycles. The molecule has 1 aromatic rings. The molecule has 0 aliphatic rings. The van der Waals surface area contributed by atoms with Gasteiger partial charge in [-0.25, -0.2) is 4.79 Å². The van der Waals surface area contributed by atoms with Crippen LogP contribution in [0.4, 0.5) is 0 Å². The van der Waals surface area contributed by atoms with E-state index in [1.54, 1.807) is 12.1 Å². The number of carbonyl (C=O) groups is 1. The summed E-state index contributed by atoms with van der Waals surface area (Å²) in [6, 6.07) is 9.11. The maximum atomic E-state index is 11.3. The molecule has 1 unspecified atom stereocenters. The molecular weight excluding hydrogens is 396 g/mol. The number of aliphatic hydroxyl groups is 1. The van der Waals surface area contributed by atoms with Crippen LogP contribution in [-0.4, -0.2) is 90.0 Å². The van der Waals surface area contributed by atoms with Gasteiger partial charge in [0, 0.05) is 6.08 Å². The zero-order valence-corrected chi connectivity index (χ0v) is 17.2. The molecule has 9 heteroatoms. The Balaban J connectivity index is 2.05. The van der Waals surface area contributed by atoms with E-state index in [1.807, 2.05) is 18.2 Å². The molecule has 30 heavy (non-hydrogen) atoms. The smallest absolute Gasteiger partial charge is 0.330 e. The highest BCUT2D eigenvalue weighted by Crippen LogP contribution is 2.12. The van der Waals surface area contributed by atoms with Crippen molar-refractivity contribution < 1.29 is 43.1 Å². The minimum absolute atomic E-state index is 0.0115. The van der Waals surface area contributed by atoms with Gasteiger partial charge in [-0.2, -0.15) is 0 Å². The summed E-state index contributed by atoms with van der Waals surface area (Å²) in [6.45, 7) is 6.92. The fourth-order valence-electron chi connectivity index (χ4n) is 2.04. The second-order valence-corrected chi connectivity index (χ2v) is 5.74. The van der Waals surface area contributed by atoms with Crippen LogP contribution in [0.2, 0.25) is 0 Å². The lowest BCUT2D eigenvalue weighted by molar-refractivity contribution is -0.158. The Morgan fingerprint density at radius 2 is 1.40 bits per heavy atom. The van der Waals surface area contributed by atoms with Crippen molar-refractivity contribution in [2.75, 3.05) is 72.7 Å². The third-order valence-corrected chi connectivity index (χ3v) is 3.42. The van der Waals surface area contributed by atoms with Crippen LogP contribution < -0.4 is 4.74 Å². The van der Waals surface area contributed by atoms with Crippen LogP contribution in [-0.2, 0) is 33.2 Å². The van der Waals surface area contributed by atoms with Gasteiger partial charge in [0.05, 0.1) is 66.1 Å². The average molecular weight is 428 g/mol. The summed E-state index contributed by atoms with van der Waals surface area (Å²) < 4.78 is 37.4. The number of hydrogen-bond donors (Lipinski definition) is 1. The van der Waals surface area contributed by atoms with Gasteiger partial charge in [-0.1, -0.05) is 24.8 Å². The molecule has 0 fully saturated rings. The van der Waals surface area contributed by atoms with Crippen molar-refractivity contribution in [2.24, 2.45) is 0 Å². The molecule has 170 valence electrons. The second-order valence-electron chi connectivity index (χ2n) is 5.74. The molecule has 0 spiro atoms. The quantitative estimate of drug-likeness (QED) is 0.142. The Hall–Kier alpha value is -2.01. The van der Waals surface area contributed by atoms with E-state index >= 15 is 0 Å². The second kappa shape index (κ2) is 19.0. The average Bonchev–Trinajstić information content (AvgIpc) is 2.77. The standard InChI is InChI=1S/C21H32O9/c1-2-20(23)29-18-21(30-19-6-4-3-5-7-19)28-17-16-27-15-14-26-13-12-25-11-10-24-9-8-22/h2-7,21-22H,1,8-18H2. The molecule has 0 radical (unpaired) electrons. The monoisotopic (exact) mass is 428 g/mol. The Morgan fingerprint density at radius 3 is 1.93 bits per heavy atom. The van der Waals surface area contributed by atoms with Gasteiger partial charge in [0.15, 0.2) is 6.61 Å². The van der Waals surface area contributed by atoms with Gasteiger partial charge < -0.3 is 38.3 Å². The first kappa shape index (κ1) is 26.0. The van der Waals surface area contributed by atoms with Crippen molar-refractivity contribution >= 4 is 5.97 Å². The molecule has 1 atom stereocenters.